The van der Waals surface area contributed by atoms with Crippen LogP contribution in [0.15, 0.2) is 48.8 Å². The van der Waals surface area contributed by atoms with Crippen molar-refractivity contribution in [1.29, 1.82) is 0 Å². The van der Waals surface area contributed by atoms with E-state index < -0.39 is 0 Å². The number of nitrogens with one attached hydrogen (secondary N) is 2. The minimum Gasteiger partial charge on any atom is -0.495 e. The number of imidazole rings is 1. The molecule has 0 atom stereocenters. The number of rotatable bonds is 5. The predicted octanol–water partition coefficient (Wildman–Crippen LogP) is 3.55. The summed E-state index contributed by atoms with van der Waals surface area (Å²) in [7, 11) is 3.38. The fourth-order valence-corrected chi connectivity index (χ4v) is 2.96. The highest BCUT2D eigenvalue weighted by molar-refractivity contribution is 5.91. The van der Waals surface area contributed by atoms with E-state index in [1.165, 1.54) is 6.07 Å². The molecule has 0 aliphatic carbocycles. The summed E-state index contributed by atoms with van der Waals surface area (Å²) >= 11 is 0. The Morgan fingerprint density at radius 3 is 2.74 bits per heavy atom. The molecule has 0 saturated heterocycles. The lowest BCUT2D eigenvalue weighted by Gasteiger charge is -2.07. The molecule has 7 heteroatoms. The van der Waals surface area contributed by atoms with E-state index in [0.717, 1.165) is 16.6 Å². The third-order valence-corrected chi connectivity index (χ3v) is 4.34. The summed E-state index contributed by atoms with van der Waals surface area (Å²) in [4.78, 5) is 16.5. The van der Waals surface area contributed by atoms with E-state index in [1.54, 1.807) is 32.6 Å². The Bertz CT molecular complexity index is 1090. The largest absolute Gasteiger partial charge is 0.495 e. The van der Waals surface area contributed by atoms with Gasteiger partial charge in [0.05, 0.1) is 18.8 Å². The van der Waals surface area contributed by atoms with Crippen molar-refractivity contribution in [2.75, 3.05) is 14.2 Å². The normalized spacial score (nSPS) is 11.1. The molecule has 0 fully saturated rings. The molecule has 0 amide bonds. The summed E-state index contributed by atoms with van der Waals surface area (Å²) in [6, 6.07) is 10.7. The number of methoxy groups -OCH3 is 1. The SMILES string of the molecule is CNCc1ccc(-c2ccnc3nc(-c4ccc(OC)cn4)[nH]c23)cc1F. The van der Waals surface area contributed by atoms with Crippen LogP contribution in [0, 0.1) is 5.82 Å². The molecule has 136 valence electrons. The summed E-state index contributed by atoms with van der Waals surface area (Å²) in [6.07, 6.45) is 3.30. The van der Waals surface area contributed by atoms with Crippen molar-refractivity contribution >= 4 is 11.2 Å². The molecule has 0 radical (unpaired) electrons. The number of fused-ring (bicyclic) bond motifs is 1. The highest BCUT2D eigenvalue weighted by atomic mass is 19.1. The predicted molar refractivity (Wildman–Crippen MR) is 102 cm³/mol. The molecular weight excluding hydrogens is 345 g/mol. The Balaban J connectivity index is 1.78. The van der Waals surface area contributed by atoms with Gasteiger partial charge in [0.15, 0.2) is 11.5 Å². The van der Waals surface area contributed by atoms with Gasteiger partial charge in [0.1, 0.15) is 17.3 Å². The van der Waals surface area contributed by atoms with Crippen LogP contribution in [0.2, 0.25) is 0 Å². The molecule has 0 saturated carbocycles. The molecule has 3 aromatic heterocycles. The number of halogens is 1. The van der Waals surface area contributed by atoms with Crippen LogP contribution in [0.4, 0.5) is 4.39 Å². The van der Waals surface area contributed by atoms with Crippen LogP contribution in [-0.4, -0.2) is 34.1 Å². The zero-order valence-corrected chi connectivity index (χ0v) is 15.0. The lowest BCUT2D eigenvalue weighted by Crippen LogP contribution is -2.06. The van der Waals surface area contributed by atoms with Crippen LogP contribution in [0.3, 0.4) is 0 Å². The summed E-state index contributed by atoms with van der Waals surface area (Å²) in [6.45, 7) is 0.481. The molecule has 0 aliphatic heterocycles. The van der Waals surface area contributed by atoms with Crippen LogP contribution >= 0.6 is 0 Å². The molecule has 27 heavy (non-hydrogen) atoms. The topological polar surface area (TPSA) is 75.7 Å². The van der Waals surface area contributed by atoms with Crippen molar-refractivity contribution in [3.8, 4) is 28.4 Å². The summed E-state index contributed by atoms with van der Waals surface area (Å²) in [5.41, 5.74) is 4.19. The van der Waals surface area contributed by atoms with E-state index in [2.05, 4.69) is 25.3 Å². The molecule has 2 N–H and O–H groups in total. The van der Waals surface area contributed by atoms with Crippen molar-refractivity contribution in [3.05, 3.63) is 60.2 Å². The molecule has 1 aromatic carbocycles. The van der Waals surface area contributed by atoms with Gasteiger partial charge in [-0.25, -0.2) is 19.3 Å². The first kappa shape index (κ1) is 17.1. The molecule has 6 nitrogen and oxygen atoms in total. The minimum absolute atomic E-state index is 0.247. The molecule has 0 aliphatic rings. The van der Waals surface area contributed by atoms with Gasteiger partial charge >= 0.3 is 0 Å². The molecular formula is C20H18FN5O. The highest BCUT2D eigenvalue weighted by Crippen LogP contribution is 2.29. The quantitative estimate of drug-likeness (QED) is 0.567. The van der Waals surface area contributed by atoms with Gasteiger partial charge in [-0.1, -0.05) is 12.1 Å². The second-order valence-electron chi connectivity index (χ2n) is 6.06. The number of aromatic nitrogens is 4. The maximum atomic E-state index is 14.4. The third-order valence-electron chi connectivity index (χ3n) is 4.34. The van der Waals surface area contributed by atoms with Crippen molar-refractivity contribution in [2.45, 2.75) is 6.54 Å². The van der Waals surface area contributed by atoms with E-state index in [9.17, 15) is 4.39 Å². The first-order valence-electron chi connectivity index (χ1n) is 8.48. The summed E-state index contributed by atoms with van der Waals surface area (Å²) in [5, 5.41) is 2.96. The number of hydrogen-bond acceptors (Lipinski definition) is 5. The molecule has 4 rings (SSSR count). The Labute approximate surface area is 155 Å². The zero-order chi connectivity index (χ0) is 18.8. The monoisotopic (exact) mass is 363 g/mol. The van der Waals surface area contributed by atoms with Crippen LogP contribution in [0.1, 0.15) is 5.56 Å². The van der Waals surface area contributed by atoms with Gasteiger partial charge in [-0.2, -0.15) is 0 Å². The van der Waals surface area contributed by atoms with Crippen molar-refractivity contribution in [3.63, 3.8) is 0 Å². The van der Waals surface area contributed by atoms with E-state index in [4.69, 9.17) is 4.74 Å². The van der Waals surface area contributed by atoms with Gasteiger partial charge in [0, 0.05) is 23.9 Å². The van der Waals surface area contributed by atoms with E-state index in [-0.39, 0.29) is 5.82 Å². The van der Waals surface area contributed by atoms with E-state index in [0.29, 0.717) is 35.0 Å². The Kier molecular flexibility index (Phi) is 4.52. The molecule has 0 unspecified atom stereocenters. The summed E-state index contributed by atoms with van der Waals surface area (Å²) < 4.78 is 19.5. The fraction of sp³-hybridized carbons (Fsp3) is 0.150. The van der Waals surface area contributed by atoms with Gasteiger partial charge in [0.2, 0.25) is 0 Å². The Morgan fingerprint density at radius 2 is 2.04 bits per heavy atom. The third kappa shape index (κ3) is 3.24. The second-order valence-corrected chi connectivity index (χ2v) is 6.06. The second kappa shape index (κ2) is 7.13. The van der Waals surface area contributed by atoms with Gasteiger partial charge in [-0.05, 0) is 36.9 Å². The van der Waals surface area contributed by atoms with Gasteiger partial charge < -0.3 is 15.0 Å². The first-order valence-corrected chi connectivity index (χ1v) is 8.48. The van der Waals surface area contributed by atoms with E-state index >= 15 is 0 Å². The van der Waals surface area contributed by atoms with Gasteiger partial charge in [0.25, 0.3) is 0 Å². The number of hydrogen-bond donors (Lipinski definition) is 2. The van der Waals surface area contributed by atoms with Crippen molar-refractivity contribution in [1.82, 2.24) is 25.3 Å². The van der Waals surface area contributed by atoms with Crippen LogP contribution in [0.5, 0.6) is 5.75 Å². The first-order chi connectivity index (χ1) is 13.2. The maximum absolute atomic E-state index is 14.4. The molecule has 0 bridgehead atoms. The number of ether oxygens (including phenoxy) is 1. The smallest absolute Gasteiger partial charge is 0.178 e. The number of aromatic amines is 1. The summed E-state index contributed by atoms with van der Waals surface area (Å²) in [5.74, 6) is 1.02. The lowest BCUT2D eigenvalue weighted by molar-refractivity contribution is 0.413. The van der Waals surface area contributed by atoms with Crippen LogP contribution in [-0.2, 0) is 6.54 Å². The number of H-pyrrole nitrogens is 1. The molecule has 4 aromatic rings. The average molecular weight is 363 g/mol. The lowest BCUT2D eigenvalue weighted by atomic mass is 10.0. The highest BCUT2D eigenvalue weighted by Gasteiger charge is 2.13. The molecule has 0 spiro atoms. The number of pyridine rings is 2. The van der Waals surface area contributed by atoms with Crippen LogP contribution in [0.25, 0.3) is 33.8 Å². The van der Waals surface area contributed by atoms with Crippen molar-refractivity contribution in [2.24, 2.45) is 0 Å². The average Bonchev–Trinajstić information content (AvgIpc) is 3.14. The maximum Gasteiger partial charge on any atom is 0.178 e. The van der Waals surface area contributed by atoms with E-state index in [1.807, 2.05) is 24.3 Å². The Morgan fingerprint density at radius 1 is 1.15 bits per heavy atom. The van der Waals surface area contributed by atoms with Gasteiger partial charge in [-0.15, -0.1) is 0 Å². The standard InChI is InChI=1S/C20H18FN5O/c1-22-10-13-4-3-12(9-16(13)21)15-7-8-23-20-18(15)25-19(26-20)17-6-5-14(27-2)11-24-17/h3-9,11,22H,10H2,1-2H3,(H,23,25,26). The molecule has 3 heterocycles. The minimum atomic E-state index is -0.247. The van der Waals surface area contributed by atoms with Gasteiger partial charge in [-0.3, -0.25) is 0 Å². The fourth-order valence-electron chi connectivity index (χ4n) is 2.96. The van der Waals surface area contributed by atoms with Crippen molar-refractivity contribution < 1.29 is 9.13 Å². The Hall–Kier alpha value is -3.32. The van der Waals surface area contributed by atoms with Crippen LogP contribution < -0.4 is 10.1 Å². The number of nitrogens with zero attached hydrogens (tertiary/aromatic N) is 3. The zero-order valence-electron chi connectivity index (χ0n) is 15.0. The number of benzene rings is 1.